The quantitative estimate of drug-likeness (QED) is 0.639. The maximum atomic E-state index is 12.7. The third-order valence-electron chi connectivity index (χ3n) is 3.53. The largest absolute Gasteiger partial charge is 0.350 e. The van der Waals surface area contributed by atoms with Crippen molar-refractivity contribution in [1.82, 2.24) is 15.1 Å². The smallest absolute Gasteiger partial charge is 0.270 e. The van der Waals surface area contributed by atoms with Gasteiger partial charge in [0.25, 0.3) is 5.91 Å². The van der Waals surface area contributed by atoms with Gasteiger partial charge in [0.2, 0.25) is 0 Å². The Bertz CT molecular complexity index is 888. The summed E-state index contributed by atoms with van der Waals surface area (Å²) in [7, 11) is 0. The maximum Gasteiger partial charge on any atom is 0.270 e. The summed E-state index contributed by atoms with van der Waals surface area (Å²) in [4.78, 5) is 13.6. The highest BCUT2D eigenvalue weighted by Gasteiger charge is 2.18. The number of hydrogen-bond donors (Lipinski definition) is 1. The van der Waals surface area contributed by atoms with Crippen molar-refractivity contribution in [3.05, 3.63) is 57.5 Å². The van der Waals surface area contributed by atoms with Crippen LogP contribution in [0.5, 0.6) is 0 Å². The second-order valence-electron chi connectivity index (χ2n) is 6.01. The number of amides is 1. The van der Waals surface area contributed by atoms with E-state index >= 15 is 0 Å². The Balaban J connectivity index is 2.05. The molecular weight excluding hydrogens is 377 g/mol. The van der Waals surface area contributed by atoms with Crippen LogP contribution >= 0.6 is 34.5 Å². The van der Waals surface area contributed by atoms with Crippen molar-refractivity contribution in [2.45, 2.75) is 13.8 Å². The van der Waals surface area contributed by atoms with Crippen LogP contribution in [0.3, 0.4) is 0 Å². The molecule has 0 aliphatic carbocycles. The SMILES string of the molecule is CC(C)CNC(=O)c1cc(-c2cccs2)nn1-c1ccc(Cl)c(Cl)c1. The van der Waals surface area contributed by atoms with Gasteiger partial charge in [-0.25, -0.2) is 4.68 Å². The molecule has 0 radical (unpaired) electrons. The summed E-state index contributed by atoms with van der Waals surface area (Å²) < 4.78 is 1.60. The van der Waals surface area contributed by atoms with E-state index in [-0.39, 0.29) is 5.91 Å². The van der Waals surface area contributed by atoms with Gasteiger partial charge in [0, 0.05) is 6.54 Å². The summed E-state index contributed by atoms with van der Waals surface area (Å²) in [5.74, 6) is 0.192. The third kappa shape index (κ3) is 4.06. The molecule has 2 aromatic heterocycles. The number of thiophene rings is 1. The van der Waals surface area contributed by atoms with Gasteiger partial charge in [-0.15, -0.1) is 11.3 Å². The topological polar surface area (TPSA) is 46.9 Å². The average molecular weight is 394 g/mol. The molecule has 4 nitrogen and oxygen atoms in total. The standard InChI is InChI=1S/C18H17Cl2N3OS/c1-11(2)10-21-18(24)16-9-15(17-4-3-7-25-17)22-23(16)12-5-6-13(19)14(20)8-12/h3-9,11H,10H2,1-2H3,(H,21,24). The van der Waals surface area contributed by atoms with Crippen molar-refractivity contribution in [3.63, 3.8) is 0 Å². The summed E-state index contributed by atoms with van der Waals surface area (Å²) in [6.07, 6.45) is 0. The van der Waals surface area contributed by atoms with Gasteiger partial charge in [-0.2, -0.15) is 5.10 Å². The molecule has 25 heavy (non-hydrogen) atoms. The van der Waals surface area contributed by atoms with E-state index in [0.717, 1.165) is 10.6 Å². The van der Waals surface area contributed by atoms with E-state index in [9.17, 15) is 4.79 Å². The highest BCUT2D eigenvalue weighted by molar-refractivity contribution is 7.13. The maximum absolute atomic E-state index is 12.7. The number of nitrogens with zero attached hydrogens (tertiary/aromatic N) is 2. The molecule has 0 bridgehead atoms. The first-order chi connectivity index (χ1) is 12.0. The minimum Gasteiger partial charge on any atom is -0.350 e. The van der Waals surface area contributed by atoms with Crippen LogP contribution in [0.2, 0.25) is 10.0 Å². The molecule has 0 aliphatic heterocycles. The highest BCUT2D eigenvalue weighted by atomic mass is 35.5. The minimum absolute atomic E-state index is 0.171. The van der Waals surface area contributed by atoms with Gasteiger partial charge in [-0.1, -0.05) is 43.1 Å². The molecule has 2 heterocycles. The fourth-order valence-electron chi connectivity index (χ4n) is 2.29. The van der Waals surface area contributed by atoms with E-state index < -0.39 is 0 Å². The van der Waals surface area contributed by atoms with Crippen LogP contribution < -0.4 is 5.32 Å². The molecule has 130 valence electrons. The molecule has 7 heteroatoms. The zero-order valence-corrected chi connectivity index (χ0v) is 16.1. The zero-order chi connectivity index (χ0) is 18.0. The number of halogens is 2. The average Bonchev–Trinajstić information content (AvgIpc) is 3.24. The van der Waals surface area contributed by atoms with Crippen LogP contribution in [0.15, 0.2) is 41.8 Å². The molecule has 0 fully saturated rings. The molecule has 3 aromatic rings. The van der Waals surface area contributed by atoms with Gasteiger partial charge in [-0.3, -0.25) is 4.79 Å². The van der Waals surface area contributed by atoms with Crippen LogP contribution in [0, 0.1) is 5.92 Å². The lowest BCUT2D eigenvalue weighted by Crippen LogP contribution is -2.29. The van der Waals surface area contributed by atoms with Gasteiger partial charge >= 0.3 is 0 Å². The normalized spacial score (nSPS) is 11.1. The second kappa shape index (κ2) is 7.60. The molecule has 0 atom stereocenters. The van der Waals surface area contributed by atoms with Gasteiger partial charge in [0.15, 0.2) is 0 Å². The minimum atomic E-state index is -0.171. The van der Waals surface area contributed by atoms with E-state index in [1.54, 1.807) is 40.3 Å². The highest BCUT2D eigenvalue weighted by Crippen LogP contribution is 2.28. The summed E-state index contributed by atoms with van der Waals surface area (Å²) in [6, 6.07) is 10.9. The molecule has 3 rings (SSSR count). The Morgan fingerprint density at radius 2 is 2.04 bits per heavy atom. The molecule has 0 spiro atoms. The number of hydrogen-bond acceptors (Lipinski definition) is 3. The molecular formula is C18H17Cl2N3OS. The number of benzene rings is 1. The van der Waals surface area contributed by atoms with E-state index in [2.05, 4.69) is 10.4 Å². The van der Waals surface area contributed by atoms with Gasteiger partial charge in [0.05, 0.1) is 20.6 Å². The predicted molar refractivity (Wildman–Crippen MR) is 104 cm³/mol. The Hall–Kier alpha value is -1.82. The van der Waals surface area contributed by atoms with E-state index in [1.165, 1.54) is 0 Å². The number of nitrogens with one attached hydrogen (secondary N) is 1. The first kappa shape index (κ1) is 18.0. The van der Waals surface area contributed by atoms with Crippen LogP contribution in [0.4, 0.5) is 0 Å². The molecule has 0 saturated heterocycles. The summed E-state index contributed by atoms with van der Waals surface area (Å²) in [5.41, 5.74) is 1.89. The number of carbonyl (C=O) groups excluding carboxylic acids is 1. The molecule has 0 saturated carbocycles. The molecule has 0 unspecified atom stereocenters. The summed E-state index contributed by atoms with van der Waals surface area (Å²) in [6.45, 7) is 4.70. The van der Waals surface area contributed by atoms with Crippen LogP contribution in [-0.2, 0) is 0 Å². The lowest BCUT2D eigenvalue weighted by Gasteiger charge is -2.10. The van der Waals surface area contributed by atoms with Crippen molar-refractivity contribution in [3.8, 4) is 16.3 Å². The van der Waals surface area contributed by atoms with E-state index in [4.69, 9.17) is 23.2 Å². The lowest BCUT2D eigenvalue weighted by atomic mass is 10.2. The first-order valence-electron chi connectivity index (χ1n) is 7.83. The molecule has 1 amide bonds. The Morgan fingerprint density at radius 3 is 2.68 bits per heavy atom. The fraction of sp³-hybridized carbons (Fsp3) is 0.222. The van der Waals surface area contributed by atoms with Crippen molar-refractivity contribution in [1.29, 1.82) is 0 Å². The molecule has 1 N–H and O–H groups in total. The van der Waals surface area contributed by atoms with E-state index in [1.807, 2.05) is 31.4 Å². The number of aromatic nitrogens is 2. The fourth-order valence-corrected chi connectivity index (χ4v) is 3.26. The van der Waals surface area contributed by atoms with Gasteiger partial charge in [-0.05, 0) is 41.6 Å². The summed E-state index contributed by atoms with van der Waals surface area (Å²) >= 11 is 13.7. The number of carbonyl (C=O) groups is 1. The zero-order valence-electron chi connectivity index (χ0n) is 13.8. The Morgan fingerprint density at radius 1 is 1.24 bits per heavy atom. The van der Waals surface area contributed by atoms with Gasteiger partial charge < -0.3 is 5.32 Å². The van der Waals surface area contributed by atoms with Crippen molar-refractivity contribution >= 4 is 40.4 Å². The Labute approximate surface area is 160 Å². The van der Waals surface area contributed by atoms with Crippen LogP contribution in [0.1, 0.15) is 24.3 Å². The molecule has 0 aliphatic rings. The second-order valence-corrected chi connectivity index (χ2v) is 7.77. The van der Waals surface area contributed by atoms with Crippen LogP contribution in [0.25, 0.3) is 16.3 Å². The van der Waals surface area contributed by atoms with Crippen molar-refractivity contribution < 1.29 is 4.79 Å². The van der Waals surface area contributed by atoms with E-state index in [0.29, 0.717) is 33.9 Å². The first-order valence-corrected chi connectivity index (χ1v) is 9.47. The van der Waals surface area contributed by atoms with Gasteiger partial charge in [0.1, 0.15) is 11.4 Å². The summed E-state index contributed by atoms with van der Waals surface area (Å²) in [5, 5.41) is 10.4. The lowest BCUT2D eigenvalue weighted by molar-refractivity contribution is 0.0941. The van der Waals surface area contributed by atoms with Crippen LogP contribution in [-0.4, -0.2) is 22.2 Å². The number of rotatable bonds is 5. The molecule has 1 aromatic carbocycles. The third-order valence-corrected chi connectivity index (χ3v) is 5.17. The monoisotopic (exact) mass is 393 g/mol. The predicted octanol–water partition coefficient (Wildman–Crippen LogP) is 5.29. The Kier molecular flexibility index (Phi) is 5.47. The van der Waals surface area contributed by atoms with Crippen molar-refractivity contribution in [2.75, 3.05) is 6.54 Å². The van der Waals surface area contributed by atoms with Crippen molar-refractivity contribution in [2.24, 2.45) is 5.92 Å².